The fraction of sp³-hybridized carbons (Fsp3) is 0.461. The summed E-state index contributed by atoms with van der Waals surface area (Å²) in [6.07, 6.45) is 3.85. The van der Waals surface area contributed by atoms with Crippen LogP contribution in [0.25, 0.3) is 0 Å². The molecule has 0 aromatic heterocycles. The maximum absolute atomic E-state index is 13.5. The molecule has 3 N–H and O–H groups in total. The molecule has 6 aromatic rings. The summed E-state index contributed by atoms with van der Waals surface area (Å²) in [6.45, 7) is 8.13. The number of nitrogens with zero attached hydrogens (tertiary/aromatic N) is 6. The summed E-state index contributed by atoms with van der Waals surface area (Å²) in [7, 11) is 10.5. The molecule has 24 heteroatoms. The van der Waals surface area contributed by atoms with E-state index in [-0.39, 0.29) is 100.0 Å². The Morgan fingerprint density at radius 1 is 0.570 bits per heavy atom. The number of carbonyl (C=O) groups excluding carboxylic acids is 3. The number of nitriles is 2. The number of aromatic hydroxyl groups is 1. The number of fused-ring (bicyclic) bond motifs is 18. The first-order chi connectivity index (χ1) is 48.5. The van der Waals surface area contributed by atoms with Gasteiger partial charge in [0.15, 0.2) is 59.6 Å². The number of carbonyl (C=O) groups is 3. The minimum absolute atomic E-state index is 0.0164. The Bertz CT molecular complexity index is 4220. The number of phenols is 1. The van der Waals surface area contributed by atoms with Crippen molar-refractivity contribution in [1.29, 1.82) is 10.5 Å². The van der Waals surface area contributed by atoms with Gasteiger partial charge >= 0.3 is 5.97 Å². The number of nitrogens with one attached hydrogen (secondary N) is 2. The van der Waals surface area contributed by atoms with E-state index in [2.05, 4.69) is 61.6 Å². The number of likely N-dealkylation sites (N-methyl/N-ethyl adjacent to an activating group) is 2. The SMILES string of the molecule is COCOc1c(OC)c(C)cc2c1[C@@H]1C3Cc4c(O)c(C)c5c(c4[C@H](CNC(=O)CCc4ccccc4)N3[C@@H](C#N)[C@H](C2)N1C)OCO5.COCOc1c(OC)c(C)cc2c1[C@@H]1C3Cc4c(OC(=O)CCl)c(C)c5c(c4[C@H](CNC(=O)CCc4ccccc4)N3[C@@H](C#N)[C@H](C2)N1C)OCO5. The molecule has 526 valence electrons. The van der Waals surface area contributed by atoms with Crippen LogP contribution in [0.1, 0.15) is 115 Å². The van der Waals surface area contributed by atoms with Gasteiger partial charge in [0, 0.05) is 109 Å². The first-order valence-corrected chi connectivity index (χ1v) is 34.4. The smallest absolute Gasteiger partial charge is 0.326 e. The highest BCUT2D eigenvalue weighted by Crippen LogP contribution is 2.61. The van der Waals surface area contributed by atoms with Gasteiger partial charge in [-0.3, -0.25) is 34.0 Å². The summed E-state index contributed by atoms with van der Waals surface area (Å²) in [5.74, 6) is 3.93. The van der Waals surface area contributed by atoms with E-state index in [0.717, 1.165) is 66.8 Å². The number of halogens is 1. The number of hydrogen-bond donors (Lipinski definition) is 3. The van der Waals surface area contributed by atoms with Gasteiger partial charge in [-0.25, -0.2) is 0 Å². The summed E-state index contributed by atoms with van der Waals surface area (Å²) in [5.41, 5.74) is 12.4. The van der Waals surface area contributed by atoms with E-state index in [1.54, 1.807) is 28.4 Å². The third-order valence-corrected chi connectivity index (χ3v) is 21.7. The maximum Gasteiger partial charge on any atom is 0.326 e. The molecule has 8 aliphatic rings. The molecular weight excluding hydrogens is 1300 g/mol. The zero-order valence-corrected chi connectivity index (χ0v) is 58.8. The van der Waals surface area contributed by atoms with Gasteiger partial charge in [-0.15, -0.1) is 11.6 Å². The number of amides is 2. The number of esters is 1. The van der Waals surface area contributed by atoms with Crippen LogP contribution < -0.4 is 53.3 Å². The third kappa shape index (κ3) is 12.3. The van der Waals surface area contributed by atoms with Crippen LogP contribution in [0.5, 0.6) is 57.5 Å². The van der Waals surface area contributed by atoms with Crippen LogP contribution in [-0.4, -0.2) is 167 Å². The zero-order valence-electron chi connectivity index (χ0n) is 58.0. The van der Waals surface area contributed by atoms with Crippen molar-refractivity contribution in [3.05, 3.63) is 151 Å². The summed E-state index contributed by atoms with van der Waals surface area (Å²) < 4.78 is 65.1. The highest BCUT2D eigenvalue weighted by molar-refractivity contribution is 6.26. The first kappa shape index (κ1) is 69.4. The second kappa shape index (κ2) is 29.3. The Balaban J connectivity index is 0.000000180. The van der Waals surface area contributed by atoms with Crippen molar-refractivity contribution in [3.8, 4) is 69.6 Å². The summed E-state index contributed by atoms with van der Waals surface area (Å²) >= 11 is 5.97. The van der Waals surface area contributed by atoms with Crippen molar-refractivity contribution in [1.82, 2.24) is 30.2 Å². The highest BCUT2D eigenvalue weighted by atomic mass is 35.5. The predicted octanol–water partition coefficient (Wildman–Crippen LogP) is 8.94. The van der Waals surface area contributed by atoms with Crippen molar-refractivity contribution in [2.24, 2.45) is 0 Å². The van der Waals surface area contributed by atoms with E-state index >= 15 is 0 Å². The van der Waals surface area contributed by atoms with Crippen LogP contribution in [0.15, 0.2) is 72.8 Å². The highest BCUT2D eigenvalue weighted by Gasteiger charge is 2.59. The quantitative estimate of drug-likeness (QED) is 0.0279. The Labute approximate surface area is 587 Å². The number of methoxy groups -OCH3 is 4. The second-order valence-corrected chi connectivity index (χ2v) is 27.0. The molecule has 100 heavy (non-hydrogen) atoms. The largest absolute Gasteiger partial charge is 0.507 e. The van der Waals surface area contributed by atoms with E-state index in [0.29, 0.717) is 114 Å². The van der Waals surface area contributed by atoms with Crippen LogP contribution in [0.2, 0.25) is 0 Å². The molecule has 4 bridgehead atoms. The molecule has 6 aromatic carbocycles. The third-order valence-electron chi connectivity index (χ3n) is 21.4. The van der Waals surface area contributed by atoms with E-state index in [4.69, 9.17) is 63.7 Å². The van der Waals surface area contributed by atoms with Gasteiger partial charge in [0.25, 0.3) is 0 Å². The molecule has 2 saturated heterocycles. The second-order valence-electron chi connectivity index (χ2n) is 26.8. The van der Waals surface area contributed by atoms with E-state index in [9.17, 15) is 30.0 Å². The molecule has 0 radical (unpaired) electrons. The summed E-state index contributed by atoms with van der Waals surface area (Å²) in [6, 6.07) is 25.8. The lowest BCUT2D eigenvalue weighted by Gasteiger charge is -2.60. The monoisotopic (exact) mass is 1380 g/mol. The van der Waals surface area contributed by atoms with Crippen LogP contribution in [0, 0.1) is 50.4 Å². The Morgan fingerprint density at radius 2 is 1.00 bits per heavy atom. The molecule has 10 atom stereocenters. The average molecular weight is 1390 g/mol. The van der Waals surface area contributed by atoms with Crippen LogP contribution in [-0.2, 0) is 62.4 Å². The molecule has 8 heterocycles. The van der Waals surface area contributed by atoms with Gasteiger partial charge in [-0.05, 0) is 114 Å². The van der Waals surface area contributed by atoms with Gasteiger partial charge in [0.1, 0.15) is 29.5 Å². The van der Waals surface area contributed by atoms with Gasteiger partial charge in [0.05, 0.1) is 50.5 Å². The van der Waals surface area contributed by atoms with Crippen molar-refractivity contribution >= 4 is 29.4 Å². The molecule has 23 nitrogen and oxygen atoms in total. The molecule has 2 amide bonds. The van der Waals surface area contributed by atoms with E-state index < -0.39 is 30.1 Å². The zero-order chi connectivity index (χ0) is 70.4. The lowest BCUT2D eigenvalue weighted by molar-refractivity contribution is -0.131. The topological polar surface area (TPSA) is 258 Å². The Hall–Kier alpha value is -9.04. The summed E-state index contributed by atoms with van der Waals surface area (Å²) in [4.78, 5) is 48.7. The van der Waals surface area contributed by atoms with E-state index in [1.165, 1.54) is 0 Å². The van der Waals surface area contributed by atoms with Crippen molar-refractivity contribution < 1.29 is 71.6 Å². The molecule has 14 rings (SSSR count). The number of phenolic OH excluding ortho intramolecular Hbond substituents is 1. The molecule has 0 spiro atoms. The van der Waals surface area contributed by atoms with Crippen molar-refractivity contribution in [2.45, 2.75) is 139 Å². The lowest BCUT2D eigenvalue weighted by Crippen LogP contribution is -2.68. The molecule has 8 aliphatic heterocycles. The molecule has 0 aliphatic carbocycles. The minimum atomic E-state index is -0.603. The predicted molar refractivity (Wildman–Crippen MR) is 368 cm³/mol. The van der Waals surface area contributed by atoms with E-state index in [1.807, 2.05) is 95.4 Å². The fourth-order valence-corrected chi connectivity index (χ4v) is 17.3. The molecular formula is C76H85ClN8O15. The Morgan fingerprint density at radius 3 is 1.43 bits per heavy atom. The van der Waals surface area contributed by atoms with Crippen molar-refractivity contribution in [3.63, 3.8) is 0 Å². The van der Waals surface area contributed by atoms with Crippen molar-refractivity contribution in [2.75, 3.05) is 88.7 Å². The van der Waals surface area contributed by atoms with Crippen LogP contribution in [0.3, 0.4) is 0 Å². The van der Waals surface area contributed by atoms with Gasteiger partial charge in [-0.2, -0.15) is 10.5 Å². The standard InChI is InChI=1S/C39H43ClN4O8.C37H42N4O7/c1-21-13-24-14-26-28(17-41)44-27(34(43(26)3)32(24)38(35(21)48-5)49-19-47-4)15-25-33(29(44)18-42-30(45)12-11-23-9-7-6-8-10-23)39-37(50-20-51-39)22(2)36(25)52-31(46)16-40;1-20-13-23-14-25-27(16-38)41-26(32(40(25)3)30(23)36(34(20)45-5)46-18-44-4)15-24-31(37-35(47-19-48-37)21(2)33(24)43)28(41)17-39-29(42)12-11-22-9-7-6-8-10-22/h6-10,13,26-29,34H,11-12,14-16,18-20H2,1-5H3,(H,42,45);6-10,13,25-28,32,43H,11-12,14-15,17-19H2,1-5H3,(H,39,42)/t26-,27?,28-,29-,34-;25-,26?,27-,28-,32-/m00/s1. The average Bonchev–Trinajstić information content (AvgIpc) is 1.01. The van der Waals surface area contributed by atoms with Crippen LogP contribution in [0.4, 0.5) is 0 Å². The molecule has 2 fully saturated rings. The first-order valence-electron chi connectivity index (χ1n) is 33.9. The number of benzene rings is 6. The summed E-state index contributed by atoms with van der Waals surface area (Å²) in [5, 5.41) is 40.0. The maximum atomic E-state index is 13.5. The normalized spacial score (nSPS) is 23.2. The Kier molecular flexibility index (Phi) is 20.3. The minimum Gasteiger partial charge on any atom is -0.507 e. The van der Waals surface area contributed by atoms with Gasteiger partial charge in [0.2, 0.25) is 25.4 Å². The molecule has 0 saturated carbocycles. The van der Waals surface area contributed by atoms with Crippen LogP contribution >= 0.6 is 11.6 Å². The van der Waals surface area contributed by atoms with Gasteiger partial charge < -0.3 is 67.8 Å². The number of rotatable bonds is 20. The number of hydrogen-bond acceptors (Lipinski definition) is 21. The molecule has 2 unspecified atom stereocenters. The number of ether oxygens (including phenoxy) is 11. The van der Waals surface area contributed by atoms with Gasteiger partial charge in [-0.1, -0.05) is 72.8 Å². The number of piperazine rings is 2. The lowest BCUT2D eigenvalue weighted by atomic mass is 9.71. The number of alkyl halides is 1. The fourth-order valence-electron chi connectivity index (χ4n) is 17.2. The number of aryl methyl sites for hydroxylation is 4.